The van der Waals surface area contributed by atoms with Crippen LogP contribution in [-0.2, 0) is 16.0 Å². The van der Waals surface area contributed by atoms with Crippen LogP contribution in [0, 0.1) is 0 Å². The second kappa shape index (κ2) is 8.97. The van der Waals surface area contributed by atoms with Crippen LogP contribution in [0.2, 0.25) is 0 Å². The van der Waals surface area contributed by atoms with Gasteiger partial charge in [-0.2, -0.15) is 0 Å². The van der Waals surface area contributed by atoms with E-state index in [4.69, 9.17) is 4.74 Å². The molecule has 4 rings (SSSR count). The van der Waals surface area contributed by atoms with E-state index in [2.05, 4.69) is 20.9 Å². The number of nitrogens with zero attached hydrogens (tertiary/aromatic N) is 1. The number of aryl methyl sites for hydroxylation is 1. The third-order valence-electron chi connectivity index (χ3n) is 4.69. The standard InChI is InChI=1S/C22H20N4O4S/c1-2-30-22(29)23-16-7-3-13(4-8-16)20(28)26-21-25-18(12-31-21)15-5-9-17-14(11-15)6-10-19(27)24-17/h3-5,7-9,11-12H,2,6,10H2,1H3,(H,23,29)(H,24,27)(H,25,26,28). The van der Waals surface area contributed by atoms with E-state index < -0.39 is 6.09 Å². The molecule has 31 heavy (non-hydrogen) atoms. The quantitative estimate of drug-likeness (QED) is 0.545. The van der Waals surface area contributed by atoms with Crippen molar-refractivity contribution in [1.29, 1.82) is 0 Å². The molecule has 0 atom stereocenters. The van der Waals surface area contributed by atoms with E-state index >= 15 is 0 Å². The van der Waals surface area contributed by atoms with E-state index in [9.17, 15) is 14.4 Å². The molecule has 1 aromatic heterocycles. The molecule has 1 aliphatic rings. The lowest BCUT2D eigenvalue weighted by molar-refractivity contribution is -0.116. The maximum atomic E-state index is 12.5. The number of fused-ring (bicyclic) bond motifs is 1. The van der Waals surface area contributed by atoms with Gasteiger partial charge in [0.05, 0.1) is 12.3 Å². The Bertz CT molecular complexity index is 1140. The number of anilines is 3. The van der Waals surface area contributed by atoms with Crippen LogP contribution < -0.4 is 16.0 Å². The van der Waals surface area contributed by atoms with Crippen molar-refractivity contribution in [3.05, 3.63) is 59.0 Å². The van der Waals surface area contributed by atoms with Gasteiger partial charge in [0.25, 0.3) is 5.91 Å². The predicted octanol–water partition coefficient (Wildman–Crippen LogP) is 4.52. The highest BCUT2D eigenvalue weighted by Crippen LogP contribution is 2.30. The van der Waals surface area contributed by atoms with E-state index in [1.165, 1.54) is 11.3 Å². The van der Waals surface area contributed by atoms with Gasteiger partial charge in [-0.1, -0.05) is 6.07 Å². The molecule has 2 aromatic carbocycles. The first-order valence-corrected chi connectivity index (χ1v) is 10.6. The minimum absolute atomic E-state index is 0.0311. The summed E-state index contributed by atoms with van der Waals surface area (Å²) >= 11 is 1.34. The molecule has 2 heterocycles. The summed E-state index contributed by atoms with van der Waals surface area (Å²) in [6, 6.07) is 12.3. The zero-order valence-electron chi connectivity index (χ0n) is 16.7. The van der Waals surface area contributed by atoms with Crippen molar-refractivity contribution < 1.29 is 19.1 Å². The number of hydrogen-bond donors (Lipinski definition) is 3. The van der Waals surface area contributed by atoms with Crippen LogP contribution >= 0.6 is 11.3 Å². The highest BCUT2D eigenvalue weighted by Gasteiger charge is 2.16. The molecule has 0 bridgehead atoms. The summed E-state index contributed by atoms with van der Waals surface area (Å²) in [7, 11) is 0. The van der Waals surface area contributed by atoms with Gasteiger partial charge < -0.3 is 10.1 Å². The monoisotopic (exact) mass is 436 g/mol. The molecule has 3 aromatic rings. The molecule has 3 N–H and O–H groups in total. The van der Waals surface area contributed by atoms with E-state index in [0.717, 1.165) is 22.5 Å². The lowest BCUT2D eigenvalue weighted by Crippen LogP contribution is -2.18. The van der Waals surface area contributed by atoms with Crippen molar-refractivity contribution in [1.82, 2.24) is 4.98 Å². The number of rotatable bonds is 5. The molecule has 9 heteroatoms. The fourth-order valence-corrected chi connectivity index (χ4v) is 3.88. The number of thiazole rings is 1. The lowest BCUT2D eigenvalue weighted by Gasteiger charge is -2.17. The molecule has 0 fully saturated rings. The molecular formula is C22H20N4O4S. The van der Waals surface area contributed by atoms with E-state index in [0.29, 0.717) is 29.2 Å². The van der Waals surface area contributed by atoms with Crippen LogP contribution in [-0.4, -0.2) is 29.5 Å². The predicted molar refractivity (Wildman–Crippen MR) is 120 cm³/mol. The number of carbonyl (C=O) groups excluding carboxylic acids is 3. The van der Waals surface area contributed by atoms with Gasteiger partial charge in [0.1, 0.15) is 0 Å². The summed E-state index contributed by atoms with van der Waals surface area (Å²) in [5.41, 5.74) is 4.58. The van der Waals surface area contributed by atoms with Crippen LogP contribution in [0.5, 0.6) is 0 Å². The van der Waals surface area contributed by atoms with E-state index in [1.54, 1.807) is 31.2 Å². The van der Waals surface area contributed by atoms with Crippen molar-refractivity contribution in [2.75, 3.05) is 22.6 Å². The van der Waals surface area contributed by atoms with Crippen LogP contribution in [0.4, 0.5) is 21.3 Å². The van der Waals surface area contributed by atoms with Crippen LogP contribution in [0.15, 0.2) is 47.8 Å². The minimum Gasteiger partial charge on any atom is -0.450 e. The molecule has 0 aliphatic carbocycles. The number of amides is 3. The van der Waals surface area contributed by atoms with Crippen LogP contribution in [0.25, 0.3) is 11.3 Å². The van der Waals surface area contributed by atoms with Crippen LogP contribution in [0.1, 0.15) is 29.3 Å². The van der Waals surface area contributed by atoms with Gasteiger partial charge in [-0.05, 0) is 55.3 Å². The van der Waals surface area contributed by atoms with Crippen molar-refractivity contribution in [3.8, 4) is 11.3 Å². The Hall–Kier alpha value is -3.72. The molecule has 1 aliphatic heterocycles. The van der Waals surface area contributed by atoms with Crippen molar-refractivity contribution >= 4 is 45.8 Å². The second-order valence-corrected chi connectivity index (χ2v) is 7.69. The number of benzene rings is 2. The molecule has 8 nitrogen and oxygen atoms in total. The molecule has 0 unspecified atom stereocenters. The first-order chi connectivity index (χ1) is 15.0. The fourth-order valence-electron chi connectivity index (χ4n) is 3.17. The van der Waals surface area contributed by atoms with Gasteiger partial charge in [0.15, 0.2) is 5.13 Å². The van der Waals surface area contributed by atoms with Crippen molar-refractivity contribution in [3.63, 3.8) is 0 Å². The first kappa shape index (κ1) is 20.5. The molecule has 3 amide bonds. The number of hydrogen-bond acceptors (Lipinski definition) is 6. The Morgan fingerprint density at radius 2 is 1.94 bits per heavy atom. The summed E-state index contributed by atoms with van der Waals surface area (Å²) < 4.78 is 4.82. The largest absolute Gasteiger partial charge is 0.450 e. The minimum atomic E-state index is -0.542. The average Bonchev–Trinajstić information content (AvgIpc) is 3.22. The molecule has 0 saturated carbocycles. The van der Waals surface area contributed by atoms with E-state index in [-0.39, 0.29) is 18.4 Å². The third kappa shape index (κ3) is 4.89. The SMILES string of the molecule is CCOC(=O)Nc1ccc(C(=O)Nc2nc(-c3ccc4c(c3)CCC(=O)N4)cs2)cc1. The molecule has 0 spiro atoms. The smallest absolute Gasteiger partial charge is 0.411 e. The Morgan fingerprint density at radius 1 is 1.13 bits per heavy atom. The summed E-state index contributed by atoms with van der Waals surface area (Å²) in [5, 5.41) is 10.6. The highest BCUT2D eigenvalue weighted by molar-refractivity contribution is 7.14. The zero-order valence-corrected chi connectivity index (χ0v) is 17.5. The summed E-state index contributed by atoms with van der Waals surface area (Å²) in [4.78, 5) is 40.0. The fraction of sp³-hybridized carbons (Fsp3) is 0.182. The molecule has 158 valence electrons. The third-order valence-corrected chi connectivity index (χ3v) is 5.45. The van der Waals surface area contributed by atoms with Crippen molar-refractivity contribution in [2.24, 2.45) is 0 Å². The summed E-state index contributed by atoms with van der Waals surface area (Å²) in [5.74, 6) is -0.264. The zero-order chi connectivity index (χ0) is 21.8. The van der Waals surface area contributed by atoms with Gasteiger partial charge in [0.2, 0.25) is 5.91 Å². The Balaban J connectivity index is 1.41. The maximum Gasteiger partial charge on any atom is 0.411 e. The Morgan fingerprint density at radius 3 is 2.71 bits per heavy atom. The number of nitrogens with one attached hydrogen (secondary N) is 3. The summed E-state index contributed by atoms with van der Waals surface area (Å²) in [6.07, 6.45) is 0.631. The second-order valence-electron chi connectivity index (χ2n) is 6.83. The van der Waals surface area contributed by atoms with Crippen molar-refractivity contribution in [2.45, 2.75) is 19.8 Å². The van der Waals surface area contributed by atoms with Crippen LogP contribution in [0.3, 0.4) is 0 Å². The first-order valence-electron chi connectivity index (χ1n) is 9.75. The number of carbonyl (C=O) groups is 3. The van der Waals surface area contributed by atoms with Gasteiger partial charge in [-0.25, -0.2) is 9.78 Å². The van der Waals surface area contributed by atoms with Gasteiger partial charge in [0, 0.05) is 34.3 Å². The van der Waals surface area contributed by atoms with E-state index in [1.807, 2.05) is 23.6 Å². The molecule has 0 saturated heterocycles. The number of ether oxygens (including phenoxy) is 1. The lowest BCUT2D eigenvalue weighted by atomic mass is 9.99. The summed E-state index contributed by atoms with van der Waals surface area (Å²) in [6.45, 7) is 2.01. The maximum absolute atomic E-state index is 12.5. The van der Waals surface area contributed by atoms with Gasteiger partial charge in [-0.15, -0.1) is 11.3 Å². The number of aromatic nitrogens is 1. The topological polar surface area (TPSA) is 109 Å². The van der Waals surface area contributed by atoms with Gasteiger partial charge >= 0.3 is 6.09 Å². The molecule has 0 radical (unpaired) electrons. The van der Waals surface area contributed by atoms with Gasteiger partial charge in [-0.3, -0.25) is 20.2 Å². The normalized spacial score (nSPS) is 12.5. The molecular weight excluding hydrogens is 416 g/mol. The average molecular weight is 436 g/mol. The Labute approximate surface area is 182 Å². The Kier molecular flexibility index (Phi) is 5.94. The highest BCUT2D eigenvalue weighted by atomic mass is 32.1.